The summed E-state index contributed by atoms with van der Waals surface area (Å²) in [6, 6.07) is 4.15. The Hall–Kier alpha value is -1.58. The second-order valence-corrected chi connectivity index (χ2v) is 5.78. The van der Waals surface area contributed by atoms with Crippen LogP contribution >= 0.6 is 11.8 Å². The van der Waals surface area contributed by atoms with Crippen molar-refractivity contribution < 1.29 is 9.53 Å². The van der Waals surface area contributed by atoms with Gasteiger partial charge in [0.05, 0.1) is 17.9 Å². The van der Waals surface area contributed by atoms with Gasteiger partial charge in [0.25, 0.3) is 0 Å². The third-order valence-electron chi connectivity index (χ3n) is 2.97. The van der Waals surface area contributed by atoms with E-state index in [1.54, 1.807) is 7.11 Å². The quantitative estimate of drug-likeness (QED) is 0.783. The SMILES string of the molecule is CCC(C)NC(=O)CSc1nc(C)cc(COC)c1C#N. The molecule has 114 valence electrons. The first-order chi connectivity index (χ1) is 10.0. The molecule has 0 aromatic carbocycles. The smallest absolute Gasteiger partial charge is 0.230 e. The number of nitrogens with one attached hydrogen (secondary N) is 1. The molecule has 6 heteroatoms. The van der Waals surface area contributed by atoms with Crippen LogP contribution < -0.4 is 5.32 Å². The summed E-state index contributed by atoms with van der Waals surface area (Å²) in [5, 5.41) is 12.8. The fourth-order valence-corrected chi connectivity index (χ4v) is 2.64. The van der Waals surface area contributed by atoms with Crippen LogP contribution in [0.25, 0.3) is 0 Å². The number of methoxy groups -OCH3 is 1. The Morgan fingerprint density at radius 2 is 2.33 bits per heavy atom. The van der Waals surface area contributed by atoms with Crippen LogP contribution in [0.3, 0.4) is 0 Å². The lowest BCUT2D eigenvalue weighted by atomic mass is 10.1. The van der Waals surface area contributed by atoms with Crippen LogP contribution in [0.5, 0.6) is 0 Å². The zero-order valence-electron chi connectivity index (χ0n) is 12.9. The number of rotatable bonds is 7. The number of aryl methyl sites for hydroxylation is 1. The third kappa shape index (κ3) is 5.37. The molecule has 1 unspecified atom stereocenters. The molecular formula is C15H21N3O2S. The van der Waals surface area contributed by atoms with Gasteiger partial charge in [-0.15, -0.1) is 0 Å². The topological polar surface area (TPSA) is 75.0 Å². The second kappa shape index (κ2) is 8.65. The van der Waals surface area contributed by atoms with Crippen molar-refractivity contribution in [2.45, 2.75) is 44.9 Å². The van der Waals surface area contributed by atoms with Crippen molar-refractivity contribution in [3.8, 4) is 6.07 Å². The van der Waals surface area contributed by atoms with Gasteiger partial charge in [-0.2, -0.15) is 5.26 Å². The van der Waals surface area contributed by atoms with E-state index >= 15 is 0 Å². The maximum Gasteiger partial charge on any atom is 0.230 e. The van der Waals surface area contributed by atoms with Gasteiger partial charge in [-0.05, 0) is 31.9 Å². The number of pyridine rings is 1. The van der Waals surface area contributed by atoms with Gasteiger partial charge in [0.1, 0.15) is 11.1 Å². The number of aromatic nitrogens is 1. The molecule has 1 heterocycles. The van der Waals surface area contributed by atoms with Crippen LogP contribution in [-0.4, -0.2) is 29.8 Å². The zero-order chi connectivity index (χ0) is 15.8. The Morgan fingerprint density at radius 3 is 2.90 bits per heavy atom. The van der Waals surface area contributed by atoms with Crippen molar-refractivity contribution in [3.05, 3.63) is 22.9 Å². The molecule has 0 saturated heterocycles. The maximum atomic E-state index is 11.8. The first-order valence-electron chi connectivity index (χ1n) is 6.83. The van der Waals surface area contributed by atoms with Crippen molar-refractivity contribution in [1.29, 1.82) is 5.26 Å². The van der Waals surface area contributed by atoms with Crippen LogP contribution in [0.2, 0.25) is 0 Å². The van der Waals surface area contributed by atoms with Crippen molar-refractivity contribution in [1.82, 2.24) is 10.3 Å². The summed E-state index contributed by atoms with van der Waals surface area (Å²) in [7, 11) is 1.59. The number of carbonyl (C=O) groups excluding carboxylic acids is 1. The van der Waals surface area contributed by atoms with Gasteiger partial charge in [-0.25, -0.2) is 4.98 Å². The third-order valence-corrected chi connectivity index (χ3v) is 3.94. The minimum Gasteiger partial charge on any atom is -0.380 e. The van der Waals surface area contributed by atoms with E-state index in [1.165, 1.54) is 11.8 Å². The minimum atomic E-state index is -0.0464. The Balaban J connectivity index is 2.83. The molecule has 1 amide bonds. The van der Waals surface area contributed by atoms with Gasteiger partial charge in [0.15, 0.2) is 0 Å². The molecule has 0 fully saturated rings. The standard InChI is InChI=1S/C15H21N3O2S/c1-5-10(2)17-14(19)9-21-15-13(7-16)12(8-20-4)6-11(3)18-15/h6,10H,5,8-9H2,1-4H3,(H,17,19). The van der Waals surface area contributed by atoms with Gasteiger partial charge in [-0.3, -0.25) is 4.79 Å². The largest absolute Gasteiger partial charge is 0.380 e. The summed E-state index contributed by atoms with van der Waals surface area (Å²) in [6.07, 6.45) is 0.889. The van der Waals surface area contributed by atoms with E-state index in [1.807, 2.05) is 26.8 Å². The molecule has 0 aliphatic carbocycles. The van der Waals surface area contributed by atoms with E-state index in [-0.39, 0.29) is 17.7 Å². The Labute approximate surface area is 130 Å². The molecule has 0 saturated carbocycles. The fraction of sp³-hybridized carbons (Fsp3) is 0.533. The Bertz CT molecular complexity index is 540. The average molecular weight is 307 g/mol. The summed E-state index contributed by atoms with van der Waals surface area (Å²) < 4.78 is 5.11. The van der Waals surface area contributed by atoms with E-state index in [0.29, 0.717) is 17.2 Å². The Morgan fingerprint density at radius 1 is 1.62 bits per heavy atom. The number of hydrogen-bond acceptors (Lipinski definition) is 5. The molecule has 0 radical (unpaired) electrons. The molecule has 1 rings (SSSR count). The predicted molar refractivity (Wildman–Crippen MR) is 83.0 cm³/mol. The van der Waals surface area contributed by atoms with Crippen molar-refractivity contribution in [2.75, 3.05) is 12.9 Å². The first-order valence-corrected chi connectivity index (χ1v) is 7.82. The normalized spacial score (nSPS) is 11.8. The molecule has 5 nitrogen and oxygen atoms in total. The highest BCUT2D eigenvalue weighted by atomic mass is 32.2. The highest BCUT2D eigenvalue weighted by Gasteiger charge is 2.14. The first kappa shape index (κ1) is 17.5. The van der Waals surface area contributed by atoms with Gasteiger partial charge in [0, 0.05) is 18.8 Å². The lowest BCUT2D eigenvalue weighted by Gasteiger charge is -2.12. The van der Waals surface area contributed by atoms with Crippen molar-refractivity contribution in [2.24, 2.45) is 0 Å². The molecule has 0 spiro atoms. The molecule has 0 aliphatic heterocycles. The number of amides is 1. The fourth-order valence-electron chi connectivity index (χ4n) is 1.76. The van der Waals surface area contributed by atoms with Crippen molar-refractivity contribution >= 4 is 17.7 Å². The number of nitriles is 1. The lowest BCUT2D eigenvalue weighted by Crippen LogP contribution is -2.33. The number of thioether (sulfide) groups is 1. The number of hydrogen-bond donors (Lipinski definition) is 1. The van der Waals surface area contributed by atoms with Gasteiger partial charge in [-0.1, -0.05) is 18.7 Å². The average Bonchev–Trinajstić information content (AvgIpc) is 2.45. The second-order valence-electron chi connectivity index (χ2n) is 4.81. The van der Waals surface area contributed by atoms with E-state index < -0.39 is 0 Å². The zero-order valence-corrected chi connectivity index (χ0v) is 13.7. The number of ether oxygens (including phenoxy) is 1. The van der Waals surface area contributed by atoms with Crippen LogP contribution in [0.15, 0.2) is 11.1 Å². The van der Waals surface area contributed by atoms with Crippen LogP contribution in [0.1, 0.15) is 37.1 Å². The molecule has 1 aromatic heterocycles. The van der Waals surface area contributed by atoms with Crippen molar-refractivity contribution in [3.63, 3.8) is 0 Å². The van der Waals surface area contributed by atoms with Crippen LogP contribution in [-0.2, 0) is 16.1 Å². The summed E-state index contributed by atoms with van der Waals surface area (Å²) >= 11 is 1.29. The molecule has 0 bridgehead atoms. The van der Waals surface area contributed by atoms with Crippen LogP contribution in [0, 0.1) is 18.3 Å². The highest BCUT2D eigenvalue weighted by molar-refractivity contribution is 8.00. The number of nitrogens with zero attached hydrogens (tertiary/aromatic N) is 2. The Kier molecular flexibility index (Phi) is 7.20. The maximum absolute atomic E-state index is 11.8. The van der Waals surface area contributed by atoms with E-state index in [2.05, 4.69) is 16.4 Å². The van der Waals surface area contributed by atoms with Gasteiger partial charge in [0.2, 0.25) is 5.91 Å². The highest BCUT2D eigenvalue weighted by Crippen LogP contribution is 2.24. The van der Waals surface area contributed by atoms with Gasteiger partial charge < -0.3 is 10.1 Å². The summed E-state index contributed by atoms with van der Waals surface area (Å²) in [5.74, 6) is 0.205. The predicted octanol–water partition coefficient (Wildman–Crippen LogP) is 2.41. The molecule has 1 atom stereocenters. The molecule has 21 heavy (non-hydrogen) atoms. The van der Waals surface area contributed by atoms with E-state index in [4.69, 9.17) is 4.74 Å². The summed E-state index contributed by atoms with van der Waals surface area (Å²) in [4.78, 5) is 16.2. The van der Waals surface area contributed by atoms with Gasteiger partial charge >= 0.3 is 0 Å². The number of carbonyl (C=O) groups is 1. The van der Waals surface area contributed by atoms with Crippen LogP contribution in [0.4, 0.5) is 0 Å². The molecular weight excluding hydrogens is 286 g/mol. The molecule has 1 N–H and O–H groups in total. The van der Waals surface area contributed by atoms with E-state index in [9.17, 15) is 10.1 Å². The molecule has 0 aliphatic rings. The summed E-state index contributed by atoms with van der Waals surface area (Å²) in [6.45, 7) is 6.21. The molecule has 1 aromatic rings. The summed E-state index contributed by atoms with van der Waals surface area (Å²) in [5.41, 5.74) is 2.10. The van der Waals surface area contributed by atoms with E-state index in [0.717, 1.165) is 17.7 Å². The lowest BCUT2D eigenvalue weighted by molar-refractivity contribution is -0.119. The monoisotopic (exact) mass is 307 g/mol. The minimum absolute atomic E-state index is 0.0464.